The van der Waals surface area contributed by atoms with E-state index in [1.165, 1.54) is 0 Å². The molecule has 0 bridgehead atoms. The van der Waals surface area contributed by atoms with E-state index in [0.717, 1.165) is 5.56 Å². The third-order valence-electron chi connectivity index (χ3n) is 2.74. The first-order valence-electron chi connectivity index (χ1n) is 6.72. The lowest BCUT2D eigenvalue weighted by molar-refractivity contribution is -0.135. The van der Waals surface area contributed by atoms with Gasteiger partial charge in [-0.1, -0.05) is 30.3 Å². The van der Waals surface area contributed by atoms with Gasteiger partial charge >= 0.3 is 13.9 Å². The van der Waals surface area contributed by atoms with Crippen LogP contribution in [0.2, 0.25) is 0 Å². The van der Waals surface area contributed by atoms with Crippen LogP contribution < -0.4 is 5.32 Å². The fourth-order valence-electron chi connectivity index (χ4n) is 1.52. The van der Waals surface area contributed by atoms with Crippen molar-refractivity contribution in [3.8, 4) is 0 Å². The number of carbonyl (C=O) groups is 2. The van der Waals surface area contributed by atoms with Crippen molar-refractivity contribution in [1.82, 2.24) is 5.32 Å². The average Bonchev–Trinajstić information content (AvgIpc) is 2.55. The highest BCUT2D eigenvalue weighted by molar-refractivity contribution is 7.46. The summed E-state index contributed by atoms with van der Waals surface area (Å²) in [5.41, 5.74) is 0.748. The van der Waals surface area contributed by atoms with Crippen molar-refractivity contribution >= 4 is 19.7 Å². The van der Waals surface area contributed by atoms with Crippen LogP contribution in [0, 0.1) is 0 Å². The number of phosphoric ester groups is 1. The fraction of sp³-hybridized carbons (Fsp3) is 0.385. The van der Waals surface area contributed by atoms with E-state index >= 15 is 0 Å². The zero-order chi connectivity index (χ0) is 18.2. The van der Waals surface area contributed by atoms with Gasteiger partial charge in [-0.2, -0.15) is 0 Å². The highest BCUT2D eigenvalue weighted by Crippen LogP contribution is 2.35. The van der Waals surface area contributed by atoms with Gasteiger partial charge in [-0.3, -0.25) is 9.32 Å². The maximum Gasteiger partial charge on any atom is 0.470 e. The van der Waals surface area contributed by atoms with E-state index in [0.29, 0.717) is 0 Å². The Hall–Kier alpha value is -1.81. The predicted octanol–water partition coefficient (Wildman–Crippen LogP) is -0.687. The van der Waals surface area contributed by atoms with Crippen LogP contribution >= 0.6 is 7.82 Å². The number of phosphoric acid groups is 1. The Morgan fingerprint density at radius 3 is 2.38 bits per heavy atom. The van der Waals surface area contributed by atoms with Crippen molar-refractivity contribution in [3.63, 3.8) is 0 Å². The first kappa shape index (κ1) is 20.2. The van der Waals surface area contributed by atoms with Gasteiger partial charge in [0.25, 0.3) is 0 Å². The molecule has 1 rings (SSSR count). The van der Waals surface area contributed by atoms with Crippen molar-refractivity contribution in [3.05, 3.63) is 35.9 Å². The van der Waals surface area contributed by atoms with Gasteiger partial charge < -0.3 is 30.1 Å². The Labute approximate surface area is 137 Å². The van der Waals surface area contributed by atoms with E-state index in [9.17, 15) is 24.4 Å². The number of hydrogen-bond acceptors (Lipinski definition) is 7. The highest BCUT2D eigenvalue weighted by Gasteiger charge is 2.27. The molecule has 10 nitrogen and oxygen atoms in total. The molecular weight excluding hydrogens is 345 g/mol. The summed E-state index contributed by atoms with van der Waals surface area (Å²) in [6.45, 7) is -1.59. The number of rotatable bonds is 9. The highest BCUT2D eigenvalue weighted by atomic mass is 31.2. The minimum atomic E-state index is -4.86. The largest absolute Gasteiger partial charge is 0.470 e. The summed E-state index contributed by atoms with van der Waals surface area (Å²) < 4.78 is 19.2. The van der Waals surface area contributed by atoms with Crippen LogP contribution in [0.3, 0.4) is 0 Å². The monoisotopic (exact) mass is 363 g/mol. The number of aliphatic hydroxyl groups is 2. The zero-order valence-electron chi connectivity index (χ0n) is 12.4. The van der Waals surface area contributed by atoms with Crippen LogP contribution in [0.5, 0.6) is 0 Å². The summed E-state index contributed by atoms with van der Waals surface area (Å²) in [5, 5.41) is 21.2. The number of Topliss-reactive ketones (excluding diaryl/α,β-unsaturated/α-hetero) is 1. The van der Waals surface area contributed by atoms with E-state index in [1.807, 2.05) is 0 Å². The smallest absolute Gasteiger partial charge is 0.445 e. The SMILES string of the molecule is O=C(NCC(O)[C@@H](O)C(=O)COP(=O)(O)O)OCc1ccccc1. The standard InChI is InChI=1S/C13H18NO9P/c15-10(12(17)11(16)8-23-24(19,20)21)6-14-13(18)22-7-9-4-2-1-3-5-9/h1-5,10,12,15,17H,6-8H2,(H,14,18)(H2,19,20,21)/t10?,12-/m1/s1. The molecule has 11 heteroatoms. The number of alkyl carbamates (subject to hydrolysis) is 1. The number of carbonyl (C=O) groups excluding carboxylic acids is 2. The van der Waals surface area contributed by atoms with Crippen LogP contribution in [0.25, 0.3) is 0 Å². The van der Waals surface area contributed by atoms with Crippen LogP contribution in [0.15, 0.2) is 30.3 Å². The Bertz CT molecular complexity index is 588. The first-order valence-corrected chi connectivity index (χ1v) is 8.25. The maximum atomic E-state index is 11.4. The number of amides is 1. The van der Waals surface area contributed by atoms with Crippen molar-refractivity contribution in [2.45, 2.75) is 18.8 Å². The molecule has 134 valence electrons. The Morgan fingerprint density at radius 2 is 1.79 bits per heavy atom. The fourth-order valence-corrected chi connectivity index (χ4v) is 1.82. The molecule has 2 atom stereocenters. The van der Waals surface area contributed by atoms with Crippen LogP contribution in [0.1, 0.15) is 5.56 Å². The van der Waals surface area contributed by atoms with E-state index in [-0.39, 0.29) is 6.61 Å². The molecule has 1 aromatic rings. The van der Waals surface area contributed by atoms with Gasteiger partial charge in [-0.15, -0.1) is 0 Å². The number of ketones is 1. The van der Waals surface area contributed by atoms with Crippen LogP contribution in [0.4, 0.5) is 4.79 Å². The zero-order valence-corrected chi connectivity index (χ0v) is 13.3. The second kappa shape index (κ2) is 9.48. The van der Waals surface area contributed by atoms with Gasteiger partial charge in [-0.25, -0.2) is 9.36 Å². The summed E-state index contributed by atoms with van der Waals surface area (Å²) >= 11 is 0. The van der Waals surface area contributed by atoms with Gasteiger partial charge in [0.15, 0.2) is 5.78 Å². The average molecular weight is 363 g/mol. The maximum absolute atomic E-state index is 11.4. The lowest BCUT2D eigenvalue weighted by atomic mass is 10.1. The molecule has 0 saturated heterocycles. The second-order valence-corrected chi connectivity index (χ2v) is 5.92. The molecule has 0 aliphatic rings. The summed E-state index contributed by atoms with van der Waals surface area (Å²) in [6.07, 6.45) is -4.54. The minimum Gasteiger partial charge on any atom is -0.445 e. The molecule has 24 heavy (non-hydrogen) atoms. The summed E-state index contributed by atoms with van der Waals surface area (Å²) in [6, 6.07) is 8.82. The van der Waals surface area contributed by atoms with Crippen molar-refractivity contribution < 1.29 is 43.4 Å². The van der Waals surface area contributed by atoms with Gasteiger partial charge in [-0.05, 0) is 5.56 Å². The number of hydrogen-bond donors (Lipinski definition) is 5. The van der Waals surface area contributed by atoms with Crippen molar-refractivity contribution in [1.29, 1.82) is 0 Å². The van der Waals surface area contributed by atoms with Gasteiger partial charge in [0.05, 0.1) is 0 Å². The molecular formula is C13H18NO9P. The van der Waals surface area contributed by atoms with E-state index in [1.54, 1.807) is 30.3 Å². The van der Waals surface area contributed by atoms with Gasteiger partial charge in [0.2, 0.25) is 0 Å². The molecule has 0 heterocycles. The van der Waals surface area contributed by atoms with E-state index < -0.39 is 45.1 Å². The number of ether oxygens (including phenoxy) is 1. The summed E-state index contributed by atoms with van der Waals surface area (Å²) in [5.74, 6) is -1.15. The Balaban J connectivity index is 2.30. The first-order chi connectivity index (χ1) is 11.2. The molecule has 0 aromatic heterocycles. The molecule has 0 aliphatic heterocycles. The normalized spacial score (nSPS) is 13.8. The third-order valence-corrected chi connectivity index (χ3v) is 3.20. The second-order valence-electron chi connectivity index (χ2n) is 4.69. The lowest BCUT2D eigenvalue weighted by Gasteiger charge is -2.17. The van der Waals surface area contributed by atoms with Crippen molar-refractivity contribution in [2.24, 2.45) is 0 Å². The molecule has 0 aliphatic carbocycles. The topological polar surface area (TPSA) is 163 Å². The molecule has 0 fully saturated rings. The van der Waals surface area contributed by atoms with Crippen molar-refractivity contribution in [2.75, 3.05) is 13.2 Å². The predicted molar refractivity (Wildman–Crippen MR) is 79.6 cm³/mol. The molecule has 5 N–H and O–H groups in total. The molecule has 1 unspecified atom stereocenters. The lowest BCUT2D eigenvalue weighted by Crippen LogP contribution is -2.43. The quantitative estimate of drug-likeness (QED) is 0.357. The van der Waals surface area contributed by atoms with E-state index in [4.69, 9.17) is 14.5 Å². The molecule has 1 amide bonds. The molecule has 1 aromatic carbocycles. The number of aliphatic hydroxyl groups excluding tert-OH is 2. The van der Waals surface area contributed by atoms with E-state index in [2.05, 4.69) is 9.84 Å². The minimum absolute atomic E-state index is 0.000375. The number of nitrogens with one attached hydrogen (secondary N) is 1. The number of benzene rings is 1. The van der Waals surface area contributed by atoms with Crippen LogP contribution in [-0.4, -0.2) is 57.2 Å². The van der Waals surface area contributed by atoms with Crippen LogP contribution in [-0.2, 0) is 25.2 Å². The summed E-state index contributed by atoms with van der Waals surface area (Å²) in [7, 11) is -4.86. The molecule has 0 spiro atoms. The third kappa shape index (κ3) is 8.16. The summed E-state index contributed by atoms with van der Waals surface area (Å²) in [4.78, 5) is 39.7. The Morgan fingerprint density at radius 1 is 1.17 bits per heavy atom. The van der Waals surface area contributed by atoms with Gasteiger partial charge in [0, 0.05) is 6.54 Å². The molecule has 0 saturated carbocycles. The molecule has 0 radical (unpaired) electrons. The van der Waals surface area contributed by atoms with Gasteiger partial charge in [0.1, 0.15) is 25.4 Å². The Kier molecular flexibility index (Phi) is 7.99.